The Kier molecular flexibility index (Phi) is 9.83. The van der Waals surface area contributed by atoms with Crippen molar-refractivity contribution in [1.29, 1.82) is 0 Å². The van der Waals surface area contributed by atoms with E-state index < -0.39 is 63.3 Å². The second-order valence-corrected chi connectivity index (χ2v) is 15.4. The summed E-state index contributed by atoms with van der Waals surface area (Å²) in [5.74, 6) is -2.57. The van der Waals surface area contributed by atoms with Gasteiger partial charge in [0.05, 0.1) is 27.6 Å². The summed E-state index contributed by atoms with van der Waals surface area (Å²) >= 11 is 6.64. The van der Waals surface area contributed by atoms with Crippen LogP contribution in [0.2, 0.25) is 5.15 Å². The van der Waals surface area contributed by atoms with Crippen LogP contribution in [0.25, 0.3) is 11.0 Å². The maximum absolute atomic E-state index is 13.3. The number of nitrogens with zero attached hydrogens (tertiary/aromatic N) is 4. The van der Waals surface area contributed by atoms with Crippen LogP contribution in [0.15, 0.2) is 84.1 Å². The fourth-order valence-corrected chi connectivity index (χ4v) is 7.09. The average Bonchev–Trinajstić information content (AvgIpc) is 3.80. The highest BCUT2D eigenvalue weighted by molar-refractivity contribution is 7.90. The van der Waals surface area contributed by atoms with Crippen molar-refractivity contribution in [1.82, 2.24) is 19.6 Å². The van der Waals surface area contributed by atoms with E-state index in [9.17, 15) is 27.6 Å². The maximum Gasteiger partial charge on any atom is 0.338 e. The van der Waals surface area contributed by atoms with Crippen LogP contribution >= 0.6 is 11.6 Å². The van der Waals surface area contributed by atoms with Gasteiger partial charge in [-0.25, -0.2) is 23.0 Å². The third-order valence-corrected chi connectivity index (χ3v) is 10.2. The molecule has 5 aromatic rings. The molecule has 14 nitrogen and oxygen atoms in total. The van der Waals surface area contributed by atoms with Gasteiger partial charge in [0.2, 0.25) is 15.0 Å². The van der Waals surface area contributed by atoms with Crippen molar-refractivity contribution in [2.75, 3.05) is 12.9 Å². The molecule has 7 rings (SSSR count). The Morgan fingerprint density at radius 2 is 1.48 bits per heavy atom. The lowest BCUT2D eigenvalue weighted by atomic mass is 10.1. The number of ether oxygens (including phenoxy) is 3. The summed E-state index contributed by atoms with van der Waals surface area (Å²) in [6.07, 6.45) is -1.47. The van der Waals surface area contributed by atoms with Crippen molar-refractivity contribution >= 4 is 56.2 Å². The number of aryl methyl sites for hydroxylation is 2. The highest BCUT2D eigenvalue weighted by atomic mass is 35.5. The van der Waals surface area contributed by atoms with Gasteiger partial charge in [-0.05, 0) is 57.2 Å². The summed E-state index contributed by atoms with van der Waals surface area (Å²) in [6.45, 7) is 5.04. The Balaban J connectivity index is 1.23. The number of benzene rings is 3. The molecule has 2 aliphatic heterocycles. The second kappa shape index (κ2) is 14.4. The fraction of sp³-hybridized carbons (Fsp3) is 0.263. The van der Waals surface area contributed by atoms with E-state index in [0.717, 1.165) is 17.4 Å². The maximum atomic E-state index is 13.3. The predicted molar refractivity (Wildman–Crippen MR) is 192 cm³/mol. The van der Waals surface area contributed by atoms with Crippen molar-refractivity contribution in [2.24, 2.45) is 0 Å². The minimum absolute atomic E-state index is 0.0110. The molecule has 1 fully saturated rings. The summed E-state index contributed by atoms with van der Waals surface area (Å²) in [4.78, 5) is 66.9. The minimum Gasteiger partial charge on any atom is -0.459 e. The first-order valence-corrected chi connectivity index (χ1v) is 19.1. The number of imide groups is 1. The first-order chi connectivity index (χ1) is 25.7. The molecule has 278 valence electrons. The van der Waals surface area contributed by atoms with Crippen LogP contribution in [-0.2, 0) is 28.9 Å². The standard InChI is InChI=1S/C38H33ClN4O10S/c1-20-9-13-23(14-10-20)36(46)50-19-29-28(52-37(47)24-15-11-21(2)12-16-24)17-30(51-29)42-18-27(31-32(39)40-38(41-33(31)42)54(4,48)49)22(3)53-43-34(44)25-7-5-6-8-26(25)35(43)45/h5-16,18,22,28-30H,17,19H2,1-4H3/t22?,28-,29+,30+/m0/s1. The van der Waals surface area contributed by atoms with E-state index in [4.69, 9.17) is 30.6 Å². The molecule has 3 aromatic carbocycles. The number of hydroxylamine groups is 2. The summed E-state index contributed by atoms with van der Waals surface area (Å²) in [7, 11) is -3.97. The molecule has 2 aromatic heterocycles. The predicted octanol–water partition coefficient (Wildman–Crippen LogP) is 5.76. The molecule has 0 radical (unpaired) electrons. The number of aromatic nitrogens is 3. The average molecular weight is 773 g/mol. The molecular weight excluding hydrogens is 740 g/mol. The molecule has 0 saturated carbocycles. The van der Waals surface area contributed by atoms with Crippen LogP contribution < -0.4 is 0 Å². The molecule has 54 heavy (non-hydrogen) atoms. The summed E-state index contributed by atoms with van der Waals surface area (Å²) in [5, 5.41) is 0.0160. The lowest BCUT2D eigenvalue weighted by molar-refractivity contribution is -0.127. The van der Waals surface area contributed by atoms with Gasteiger partial charge in [0.15, 0.2) is 0 Å². The monoisotopic (exact) mass is 772 g/mol. The highest BCUT2D eigenvalue weighted by Gasteiger charge is 2.42. The van der Waals surface area contributed by atoms with E-state index in [1.807, 2.05) is 13.8 Å². The number of carbonyl (C=O) groups excluding carboxylic acids is 4. The largest absolute Gasteiger partial charge is 0.459 e. The number of rotatable bonds is 10. The van der Waals surface area contributed by atoms with E-state index in [1.54, 1.807) is 67.6 Å². The molecule has 0 bridgehead atoms. The first-order valence-electron chi connectivity index (χ1n) is 16.8. The van der Waals surface area contributed by atoms with Crippen LogP contribution in [0.5, 0.6) is 0 Å². The molecule has 0 spiro atoms. The van der Waals surface area contributed by atoms with Gasteiger partial charge < -0.3 is 18.8 Å². The minimum atomic E-state index is -3.97. The van der Waals surface area contributed by atoms with Gasteiger partial charge in [-0.15, -0.1) is 5.06 Å². The Labute approximate surface area is 314 Å². The Morgan fingerprint density at radius 3 is 2.06 bits per heavy atom. The molecule has 2 aliphatic rings. The summed E-state index contributed by atoms with van der Waals surface area (Å²) < 4.78 is 44.7. The Hall–Kier alpha value is -5.48. The molecule has 0 N–H and O–H groups in total. The smallest absolute Gasteiger partial charge is 0.338 e. The number of amides is 2. The molecule has 4 atom stereocenters. The number of fused-ring (bicyclic) bond motifs is 2. The Bertz CT molecular complexity index is 2400. The van der Waals surface area contributed by atoms with Crippen molar-refractivity contribution in [3.63, 3.8) is 0 Å². The van der Waals surface area contributed by atoms with Gasteiger partial charge >= 0.3 is 11.9 Å². The van der Waals surface area contributed by atoms with Gasteiger partial charge in [-0.3, -0.25) is 14.4 Å². The third kappa shape index (κ3) is 7.10. The lowest BCUT2D eigenvalue weighted by Crippen LogP contribution is -2.32. The zero-order valence-corrected chi connectivity index (χ0v) is 31.0. The zero-order valence-electron chi connectivity index (χ0n) is 29.4. The van der Waals surface area contributed by atoms with E-state index in [1.165, 1.54) is 22.9 Å². The Morgan fingerprint density at radius 1 is 0.907 bits per heavy atom. The number of carbonyl (C=O) groups is 4. The van der Waals surface area contributed by atoms with Gasteiger partial charge in [0, 0.05) is 24.4 Å². The SMILES string of the molecule is Cc1ccc(C(=O)OC[C@H]2O[C@@H](n3cc(C(C)ON4C(=O)c5ccccc5C4=O)c4c(Cl)nc(S(C)(=O)=O)nc43)C[C@@H]2OC(=O)c2ccc(C)cc2)cc1. The van der Waals surface area contributed by atoms with Gasteiger partial charge in [0.1, 0.15) is 41.9 Å². The van der Waals surface area contributed by atoms with E-state index in [-0.39, 0.29) is 45.9 Å². The number of halogens is 1. The topological polar surface area (TPSA) is 173 Å². The fourth-order valence-electron chi connectivity index (χ4n) is 6.26. The second-order valence-electron chi connectivity index (χ2n) is 13.1. The number of hydrogen-bond acceptors (Lipinski definition) is 12. The lowest BCUT2D eigenvalue weighted by Gasteiger charge is -2.19. The normalized spacial score (nSPS) is 18.9. The molecule has 2 amide bonds. The van der Waals surface area contributed by atoms with Gasteiger partial charge in [0.25, 0.3) is 11.8 Å². The highest BCUT2D eigenvalue weighted by Crippen LogP contribution is 2.40. The van der Waals surface area contributed by atoms with Crippen molar-refractivity contribution < 1.29 is 46.6 Å². The van der Waals surface area contributed by atoms with Gasteiger partial charge in [-0.1, -0.05) is 59.1 Å². The van der Waals surface area contributed by atoms with Crippen molar-refractivity contribution in [3.05, 3.63) is 123 Å². The molecule has 0 aliphatic carbocycles. The zero-order chi connectivity index (χ0) is 38.5. The first kappa shape index (κ1) is 36.9. The van der Waals surface area contributed by atoms with Crippen LogP contribution in [0.1, 0.15) is 83.8 Å². The van der Waals surface area contributed by atoms with Crippen molar-refractivity contribution in [3.8, 4) is 0 Å². The van der Waals surface area contributed by atoms with Gasteiger partial charge in [-0.2, -0.15) is 4.98 Å². The third-order valence-electron chi connectivity index (χ3n) is 9.13. The van der Waals surface area contributed by atoms with Crippen LogP contribution in [-0.4, -0.2) is 76.8 Å². The summed E-state index contributed by atoms with van der Waals surface area (Å²) in [6, 6.07) is 19.9. The number of sulfone groups is 1. The molecule has 1 unspecified atom stereocenters. The quantitative estimate of drug-likeness (QED) is 0.0728. The van der Waals surface area contributed by atoms with Crippen LogP contribution in [0.4, 0.5) is 0 Å². The number of hydrogen-bond donors (Lipinski definition) is 0. The molecule has 1 saturated heterocycles. The van der Waals surface area contributed by atoms with Crippen LogP contribution in [0, 0.1) is 13.8 Å². The van der Waals surface area contributed by atoms with E-state index in [2.05, 4.69) is 9.97 Å². The molecule has 4 heterocycles. The van der Waals surface area contributed by atoms with E-state index >= 15 is 0 Å². The van der Waals surface area contributed by atoms with Crippen LogP contribution in [0.3, 0.4) is 0 Å². The number of esters is 2. The molecule has 16 heteroatoms. The molecular formula is C38H33ClN4O10S. The van der Waals surface area contributed by atoms with E-state index in [0.29, 0.717) is 16.2 Å². The summed E-state index contributed by atoms with van der Waals surface area (Å²) in [5.41, 5.74) is 3.18. The van der Waals surface area contributed by atoms with Crippen molar-refractivity contribution in [2.45, 2.75) is 56.9 Å².